The minimum absolute atomic E-state index is 0.0245. The normalized spacial score (nSPS) is 23.1. The number of hydrogen-bond donors (Lipinski definition) is 2. The number of amides is 2. The van der Waals surface area contributed by atoms with Crippen LogP contribution in [0.5, 0.6) is 0 Å². The van der Waals surface area contributed by atoms with Gasteiger partial charge in [0.15, 0.2) is 0 Å². The lowest BCUT2D eigenvalue weighted by molar-refractivity contribution is -0.125. The molecule has 4 N–H and O–H groups in total. The zero-order valence-corrected chi connectivity index (χ0v) is 20.3. The Hall–Kier alpha value is -3.88. The van der Waals surface area contributed by atoms with Crippen LogP contribution in [0.4, 0.5) is 5.82 Å². The first-order valence-electron chi connectivity index (χ1n) is 12.6. The summed E-state index contributed by atoms with van der Waals surface area (Å²) in [6.45, 7) is 5.69. The molecule has 0 atom stereocenters. The Morgan fingerprint density at radius 2 is 2.06 bits per heavy atom. The second-order valence-electron chi connectivity index (χ2n) is 10.6. The van der Waals surface area contributed by atoms with Gasteiger partial charge in [0, 0.05) is 24.8 Å². The lowest BCUT2D eigenvalue weighted by Crippen LogP contribution is -2.42. The van der Waals surface area contributed by atoms with Crippen molar-refractivity contribution in [2.75, 3.05) is 18.8 Å². The van der Waals surface area contributed by atoms with Crippen LogP contribution in [0.3, 0.4) is 0 Å². The van der Waals surface area contributed by atoms with Crippen molar-refractivity contribution in [2.45, 2.75) is 50.6 Å². The lowest BCUT2D eigenvalue weighted by atomic mass is 9.65. The SMILES string of the molecule is C=CC(=O)N1CC[C@]2(C1)C[C@H](n1nc(-c3cnn(Cc4cccc(C5CC5)c4)c3)c(C(N)=O)c1N)C2. The number of carbonyl (C=O) groups is 2. The molecule has 9 nitrogen and oxygen atoms in total. The first-order valence-corrected chi connectivity index (χ1v) is 12.6. The highest BCUT2D eigenvalue weighted by molar-refractivity contribution is 6.03. The molecular formula is C27H31N7O2. The number of primary amides is 1. The Balaban J connectivity index is 1.22. The molecule has 3 heterocycles. The van der Waals surface area contributed by atoms with Crippen LogP contribution in [0.1, 0.15) is 65.5 Å². The predicted molar refractivity (Wildman–Crippen MR) is 136 cm³/mol. The number of likely N-dealkylation sites (tertiary alicyclic amines) is 1. The molecule has 36 heavy (non-hydrogen) atoms. The summed E-state index contributed by atoms with van der Waals surface area (Å²) in [5.74, 6) is 0.364. The molecule has 3 fully saturated rings. The Labute approximate surface area is 209 Å². The molecule has 0 unspecified atom stereocenters. The van der Waals surface area contributed by atoms with Crippen LogP contribution in [0.15, 0.2) is 49.3 Å². The minimum Gasteiger partial charge on any atom is -0.383 e. The summed E-state index contributed by atoms with van der Waals surface area (Å²) in [6, 6.07) is 8.71. The first kappa shape index (κ1) is 22.6. The van der Waals surface area contributed by atoms with Crippen LogP contribution >= 0.6 is 0 Å². The van der Waals surface area contributed by atoms with E-state index in [-0.39, 0.29) is 22.9 Å². The molecule has 1 aromatic carbocycles. The molecule has 1 saturated heterocycles. The van der Waals surface area contributed by atoms with E-state index in [0.717, 1.165) is 32.4 Å². The molecule has 6 rings (SSSR count). The third-order valence-corrected chi connectivity index (χ3v) is 8.05. The van der Waals surface area contributed by atoms with Gasteiger partial charge in [-0.2, -0.15) is 10.2 Å². The molecule has 186 valence electrons. The molecule has 2 aliphatic carbocycles. The van der Waals surface area contributed by atoms with Gasteiger partial charge in [0.2, 0.25) is 5.91 Å². The second-order valence-corrected chi connectivity index (χ2v) is 10.6. The number of rotatable bonds is 7. The summed E-state index contributed by atoms with van der Waals surface area (Å²) in [7, 11) is 0. The number of nitrogen functional groups attached to an aromatic ring is 1. The summed E-state index contributed by atoms with van der Waals surface area (Å²) >= 11 is 0. The van der Waals surface area contributed by atoms with E-state index in [2.05, 4.69) is 35.9 Å². The zero-order chi connectivity index (χ0) is 25.0. The van der Waals surface area contributed by atoms with Gasteiger partial charge in [-0.1, -0.05) is 30.8 Å². The van der Waals surface area contributed by atoms with Gasteiger partial charge in [-0.3, -0.25) is 14.3 Å². The van der Waals surface area contributed by atoms with Crippen LogP contribution in [0, 0.1) is 5.41 Å². The summed E-state index contributed by atoms with van der Waals surface area (Å²) in [4.78, 5) is 26.2. The quantitative estimate of drug-likeness (QED) is 0.498. The van der Waals surface area contributed by atoms with E-state index in [9.17, 15) is 9.59 Å². The molecular weight excluding hydrogens is 454 g/mol. The van der Waals surface area contributed by atoms with E-state index in [1.54, 1.807) is 10.9 Å². The molecule has 1 aliphatic heterocycles. The molecule has 1 spiro atoms. The van der Waals surface area contributed by atoms with E-state index >= 15 is 0 Å². The highest BCUT2D eigenvalue weighted by Gasteiger charge is 2.50. The Kier molecular flexibility index (Phi) is 5.24. The number of hydrogen-bond acceptors (Lipinski definition) is 5. The molecule has 9 heteroatoms. The second kappa shape index (κ2) is 8.36. The van der Waals surface area contributed by atoms with Crippen molar-refractivity contribution in [1.29, 1.82) is 0 Å². The van der Waals surface area contributed by atoms with Crippen LogP contribution < -0.4 is 11.5 Å². The maximum atomic E-state index is 12.4. The Bertz CT molecular complexity index is 1360. The Morgan fingerprint density at radius 3 is 2.78 bits per heavy atom. The molecule has 2 saturated carbocycles. The number of anilines is 1. The van der Waals surface area contributed by atoms with Gasteiger partial charge in [0.25, 0.3) is 5.91 Å². The fourth-order valence-corrected chi connectivity index (χ4v) is 5.99. The topological polar surface area (TPSA) is 125 Å². The van der Waals surface area contributed by atoms with Gasteiger partial charge < -0.3 is 16.4 Å². The van der Waals surface area contributed by atoms with Crippen molar-refractivity contribution in [1.82, 2.24) is 24.5 Å². The van der Waals surface area contributed by atoms with Gasteiger partial charge in [0.1, 0.15) is 17.1 Å². The fourth-order valence-electron chi connectivity index (χ4n) is 5.99. The van der Waals surface area contributed by atoms with E-state index in [0.29, 0.717) is 29.5 Å². The van der Waals surface area contributed by atoms with Gasteiger partial charge >= 0.3 is 0 Å². The lowest BCUT2D eigenvalue weighted by Gasteiger charge is -2.45. The maximum absolute atomic E-state index is 12.4. The highest BCUT2D eigenvalue weighted by atomic mass is 16.2. The third kappa shape index (κ3) is 3.88. The number of nitrogens with two attached hydrogens (primary N) is 2. The smallest absolute Gasteiger partial charge is 0.254 e. The summed E-state index contributed by atoms with van der Waals surface area (Å²) < 4.78 is 3.60. The number of benzene rings is 1. The molecule has 3 aromatic rings. The van der Waals surface area contributed by atoms with Crippen LogP contribution in [0.2, 0.25) is 0 Å². The zero-order valence-electron chi connectivity index (χ0n) is 20.3. The fraction of sp³-hybridized carbons (Fsp3) is 0.407. The van der Waals surface area contributed by atoms with E-state index in [4.69, 9.17) is 16.6 Å². The van der Waals surface area contributed by atoms with Crippen molar-refractivity contribution < 1.29 is 9.59 Å². The van der Waals surface area contributed by atoms with Gasteiger partial charge in [-0.25, -0.2) is 4.68 Å². The molecule has 0 radical (unpaired) electrons. The van der Waals surface area contributed by atoms with Crippen molar-refractivity contribution in [3.63, 3.8) is 0 Å². The van der Waals surface area contributed by atoms with Crippen LogP contribution in [0.25, 0.3) is 11.3 Å². The van der Waals surface area contributed by atoms with E-state index < -0.39 is 5.91 Å². The maximum Gasteiger partial charge on any atom is 0.254 e. The average molecular weight is 486 g/mol. The van der Waals surface area contributed by atoms with Crippen molar-refractivity contribution in [2.24, 2.45) is 11.1 Å². The van der Waals surface area contributed by atoms with Gasteiger partial charge in [0.05, 0.1) is 18.8 Å². The van der Waals surface area contributed by atoms with E-state index in [1.807, 2.05) is 15.8 Å². The van der Waals surface area contributed by atoms with Gasteiger partial charge in [-0.15, -0.1) is 0 Å². The summed E-state index contributed by atoms with van der Waals surface area (Å²) in [5, 5.41) is 9.27. The molecule has 2 aromatic heterocycles. The standard InChI is InChI=1S/C27H31N7O2/c1-2-22(35)32-9-8-27(16-32)11-21(12-27)34-25(28)23(26(29)36)24(31-34)20-13-30-33(15-20)14-17-4-3-5-19(10-17)18-6-7-18/h2-5,10,13,15,18,21H,1,6-9,11-12,14,16,28H2,(H2,29,36)/t21-,27-. The van der Waals surface area contributed by atoms with Crippen LogP contribution in [-0.2, 0) is 11.3 Å². The van der Waals surface area contributed by atoms with Crippen molar-refractivity contribution >= 4 is 17.6 Å². The van der Waals surface area contributed by atoms with E-state index in [1.165, 1.54) is 30.0 Å². The summed E-state index contributed by atoms with van der Waals surface area (Å²) in [6.07, 6.45) is 10.2. The Morgan fingerprint density at radius 1 is 1.25 bits per heavy atom. The summed E-state index contributed by atoms with van der Waals surface area (Å²) in [5.41, 5.74) is 16.2. The highest BCUT2D eigenvalue weighted by Crippen LogP contribution is 2.54. The molecule has 3 aliphatic rings. The van der Waals surface area contributed by atoms with Gasteiger partial charge in [-0.05, 0) is 60.6 Å². The molecule has 0 bridgehead atoms. The predicted octanol–water partition coefficient (Wildman–Crippen LogP) is 3.09. The largest absolute Gasteiger partial charge is 0.383 e. The average Bonchev–Trinajstić information content (AvgIpc) is 3.27. The van der Waals surface area contributed by atoms with Crippen molar-refractivity contribution in [3.05, 3.63) is 66.0 Å². The minimum atomic E-state index is -0.601. The molecule has 2 amide bonds. The van der Waals surface area contributed by atoms with Crippen molar-refractivity contribution in [3.8, 4) is 11.3 Å². The third-order valence-electron chi connectivity index (χ3n) is 8.05. The monoisotopic (exact) mass is 485 g/mol. The number of carbonyl (C=O) groups excluding carboxylic acids is 2. The number of nitrogens with zero attached hydrogens (tertiary/aromatic N) is 5. The van der Waals surface area contributed by atoms with Crippen LogP contribution in [-0.4, -0.2) is 49.4 Å². The first-order chi connectivity index (χ1) is 17.4. The number of aromatic nitrogens is 4.